The molecule has 1 fully saturated rings. The predicted molar refractivity (Wildman–Crippen MR) is 86.6 cm³/mol. The molecule has 2 rings (SSSR count). The molecular formula is C17H29N3O. The number of rotatable bonds is 5. The lowest BCUT2D eigenvalue weighted by atomic mass is 9.85. The molecule has 2 unspecified atom stereocenters. The van der Waals surface area contributed by atoms with E-state index < -0.39 is 0 Å². The molecule has 4 heteroatoms. The van der Waals surface area contributed by atoms with Crippen LogP contribution in [0.1, 0.15) is 46.1 Å². The lowest BCUT2D eigenvalue weighted by Gasteiger charge is -2.52. The highest BCUT2D eigenvalue weighted by Gasteiger charge is 2.41. The molecule has 1 saturated heterocycles. The van der Waals surface area contributed by atoms with E-state index in [1.807, 2.05) is 6.07 Å². The van der Waals surface area contributed by atoms with Gasteiger partial charge in [-0.3, -0.25) is 4.90 Å². The van der Waals surface area contributed by atoms with Gasteiger partial charge in [-0.1, -0.05) is 19.9 Å². The Morgan fingerprint density at radius 3 is 2.71 bits per heavy atom. The molecule has 1 aliphatic rings. The number of piperazine rings is 1. The number of ether oxygens (including phenoxy) is 1. The van der Waals surface area contributed by atoms with Gasteiger partial charge >= 0.3 is 0 Å². The van der Waals surface area contributed by atoms with Crippen LogP contribution in [-0.4, -0.2) is 41.2 Å². The minimum atomic E-state index is 0.176. The maximum Gasteiger partial charge on any atom is 0.217 e. The maximum atomic E-state index is 5.41. The van der Waals surface area contributed by atoms with Gasteiger partial charge in [-0.05, 0) is 32.8 Å². The fraction of sp³-hybridized carbons (Fsp3) is 0.706. The van der Waals surface area contributed by atoms with E-state index in [1.54, 1.807) is 13.3 Å². The molecule has 1 N–H and O–H groups in total. The quantitative estimate of drug-likeness (QED) is 0.905. The Morgan fingerprint density at radius 1 is 1.33 bits per heavy atom. The van der Waals surface area contributed by atoms with Gasteiger partial charge in [0, 0.05) is 42.5 Å². The smallest absolute Gasteiger partial charge is 0.217 e. The molecule has 21 heavy (non-hydrogen) atoms. The number of methoxy groups -OCH3 is 1. The highest BCUT2D eigenvalue weighted by atomic mass is 16.5. The van der Waals surface area contributed by atoms with E-state index in [4.69, 9.17) is 4.74 Å². The van der Waals surface area contributed by atoms with Crippen molar-refractivity contribution in [2.24, 2.45) is 0 Å². The standard InChI is InChI=1S/C17H29N3O/c1-6-16(3)13-20(17(4,7-2)12-19-16)11-14-9-8-10-18-15(14)21-5/h8-10,19H,6-7,11-13H2,1-5H3. The van der Waals surface area contributed by atoms with E-state index in [9.17, 15) is 0 Å². The molecule has 0 aromatic carbocycles. The highest BCUT2D eigenvalue weighted by molar-refractivity contribution is 5.25. The summed E-state index contributed by atoms with van der Waals surface area (Å²) in [5, 5.41) is 3.74. The fourth-order valence-electron chi connectivity index (χ4n) is 2.95. The molecule has 118 valence electrons. The molecule has 4 nitrogen and oxygen atoms in total. The summed E-state index contributed by atoms with van der Waals surface area (Å²) in [4.78, 5) is 6.92. The van der Waals surface area contributed by atoms with Crippen LogP contribution in [0.25, 0.3) is 0 Å². The Morgan fingerprint density at radius 2 is 2.10 bits per heavy atom. The monoisotopic (exact) mass is 291 g/mol. The lowest BCUT2D eigenvalue weighted by Crippen LogP contribution is -2.67. The van der Waals surface area contributed by atoms with Crippen LogP contribution in [0.2, 0.25) is 0 Å². The summed E-state index contributed by atoms with van der Waals surface area (Å²) in [7, 11) is 1.69. The first-order valence-corrected chi connectivity index (χ1v) is 7.94. The summed E-state index contributed by atoms with van der Waals surface area (Å²) in [5.41, 5.74) is 1.53. The Hall–Kier alpha value is -1.13. The van der Waals surface area contributed by atoms with E-state index in [1.165, 1.54) is 5.56 Å². The number of hydrogen-bond acceptors (Lipinski definition) is 4. The van der Waals surface area contributed by atoms with Crippen molar-refractivity contribution in [1.82, 2.24) is 15.2 Å². The third kappa shape index (κ3) is 3.38. The second kappa shape index (κ2) is 6.32. The molecule has 1 aromatic rings. The third-order valence-corrected chi connectivity index (χ3v) is 5.15. The second-order valence-electron chi connectivity index (χ2n) is 6.65. The maximum absolute atomic E-state index is 5.41. The van der Waals surface area contributed by atoms with E-state index in [0.29, 0.717) is 0 Å². The Labute approximate surface area is 128 Å². The van der Waals surface area contributed by atoms with Crippen molar-refractivity contribution in [3.8, 4) is 5.88 Å². The summed E-state index contributed by atoms with van der Waals surface area (Å²) in [5.74, 6) is 0.743. The average Bonchev–Trinajstić information content (AvgIpc) is 2.52. The van der Waals surface area contributed by atoms with Crippen molar-refractivity contribution < 1.29 is 4.74 Å². The van der Waals surface area contributed by atoms with Crippen LogP contribution in [0, 0.1) is 0 Å². The molecule has 1 aliphatic heterocycles. The van der Waals surface area contributed by atoms with Crippen LogP contribution < -0.4 is 10.1 Å². The molecule has 0 radical (unpaired) electrons. The third-order valence-electron chi connectivity index (χ3n) is 5.15. The molecule has 0 amide bonds. The summed E-state index contributed by atoms with van der Waals surface area (Å²) in [6, 6.07) is 4.11. The minimum Gasteiger partial charge on any atom is -0.481 e. The number of hydrogen-bond donors (Lipinski definition) is 1. The summed E-state index contributed by atoms with van der Waals surface area (Å²) >= 11 is 0. The van der Waals surface area contributed by atoms with Gasteiger partial charge in [-0.15, -0.1) is 0 Å². The van der Waals surface area contributed by atoms with Gasteiger partial charge in [0.2, 0.25) is 5.88 Å². The van der Waals surface area contributed by atoms with Crippen molar-refractivity contribution in [2.45, 2.75) is 58.2 Å². The normalized spacial score (nSPS) is 30.3. The van der Waals surface area contributed by atoms with Gasteiger partial charge in [0.1, 0.15) is 0 Å². The summed E-state index contributed by atoms with van der Waals surface area (Å²) in [6.45, 7) is 12.1. The van der Waals surface area contributed by atoms with Gasteiger partial charge < -0.3 is 10.1 Å². The second-order valence-corrected chi connectivity index (χ2v) is 6.65. The number of nitrogens with one attached hydrogen (secondary N) is 1. The predicted octanol–water partition coefficient (Wildman–Crippen LogP) is 2.83. The molecule has 2 atom stereocenters. The SMILES string of the molecule is CCC1(C)CN(Cc2cccnc2OC)C(C)(CC)CN1. The van der Waals surface area contributed by atoms with Gasteiger partial charge in [0.05, 0.1) is 7.11 Å². The van der Waals surface area contributed by atoms with Crippen molar-refractivity contribution >= 4 is 0 Å². The molecule has 0 saturated carbocycles. The Balaban J connectivity index is 2.24. The fourth-order valence-corrected chi connectivity index (χ4v) is 2.95. The topological polar surface area (TPSA) is 37.4 Å². The van der Waals surface area contributed by atoms with E-state index in [0.717, 1.165) is 38.4 Å². The molecule has 0 bridgehead atoms. The first kappa shape index (κ1) is 16.2. The van der Waals surface area contributed by atoms with Crippen molar-refractivity contribution in [3.05, 3.63) is 23.9 Å². The summed E-state index contributed by atoms with van der Waals surface area (Å²) in [6.07, 6.45) is 4.05. The van der Waals surface area contributed by atoms with E-state index in [2.05, 4.69) is 49.0 Å². The first-order valence-electron chi connectivity index (χ1n) is 7.94. The van der Waals surface area contributed by atoms with Crippen molar-refractivity contribution in [2.75, 3.05) is 20.2 Å². The van der Waals surface area contributed by atoms with Crippen LogP contribution in [0.4, 0.5) is 0 Å². The molecule has 0 aliphatic carbocycles. The summed E-state index contributed by atoms with van der Waals surface area (Å²) < 4.78 is 5.41. The van der Waals surface area contributed by atoms with Gasteiger partial charge in [0.25, 0.3) is 0 Å². The zero-order chi connectivity index (χ0) is 15.5. The first-order chi connectivity index (χ1) is 9.96. The zero-order valence-corrected chi connectivity index (χ0v) is 14.1. The van der Waals surface area contributed by atoms with Crippen molar-refractivity contribution in [1.29, 1.82) is 0 Å². The molecular weight excluding hydrogens is 262 g/mol. The molecule has 0 spiro atoms. The van der Waals surface area contributed by atoms with E-state index in [-0.39, 0.29) is 11.1 Å². The Kier molecular flexibility index (Phi) is 4.89. The van der Waals surface area contributed by atoms with Crippen LogP contribution in [-0.2, 0) is 6.54 Å². The molecule has 2 heterocycles. The van der Waals surface area contributed by atoms with Gasteiger partial charge in [-0.2, -0.15) is 0 Å². The van der Waals surface area contributed by atoms with Crippen LogP contribution >= 0.6 is 0 Å². The average molecular weight is 291 g/mol. The van der Waals surface area contributed by atoms with Crippen LogP contribution in [0.15, 0.2) is 18.3 Å². The highest BCUT2D eigenvalue weighted by Crippen LogP contribution is 2.31. The largest absolute Gasteiger partial charge is 0.481 e. The number of nitrogens with zero attached hydrogens (tertiary/aromatic N) is 2. The minimum absolute atomic E-state index is 0.176. The van der Waals surface area contributed by atoms with Gasteiger partial charge in [0.15, 0.2) is 0 Å². The van der Waals surface area contributed by atoms with Crippen LogP contribution in [0.3, 0.4) is 0 Å². The van der Waals surface area contributed by atoms with Crippen LogP contribution in [0.5, 0.6) is 5.88 Å². The molecule has 1 aromatic heterocycles. The number of pyridine rings is 1. The lowest BCUT2D eigenvalue weighted by molar-refractivity contribution is 0.00986. The van der Waals surface area contributed by atoms with Gasteiger partial charge in [-0.25, -0.2) is 4.98 Å². The zero-order valence-electron chi connectivity index (χ0n) is 14.1. The van der Waals surface area contributed by atoms with E-state index >= 15 is 0 Å². The number of aromatic nitrogens is 1. The Bertz CT molecular complexity index is 479. The van der Waals surface area contributed by atoms with Crippen molar-refractivity contribution in [3.63, 3.8) is 0 Å².